The van der Waals surface area contributed by atoms with E-state index in [0.717, 1.165) is 25.0 Å². The zero-order valence-electron chi connectivity index (χ0n) is 14.2. The van der Waals surface area contributed by atoms with E-state index in [0.29, 0.717) is 6.61 Å². The summed E-state index contributed by atoms with van der Waals surface area (Å²) >= 11 is 0. The molecule has 0 bridgehead atoms. The van der Waals surface area contributed by atoms with E-state index in [1.807, 2.05) is 37.3 Å². The van der Waals surface area contributed by atoms with Crippen LogP contribution in [0.3, 0.4) is 0 Å². The third kappa shape index (κ3) is 5.94. The molecule has 0 spiro atoms. The predicted molar refractivity (Wildman–Crippen MR) is 88.3 cm³/mol. The lowest BCUT2D eigenvalue weighted by molar-refractivity contribution is -0.160. The van der Waals surface area contributed by atoms with E-state index >= 15 is 0 Å². The van der Waals surface area contributed by atoms with Gasteiger partial charge in [0.2, 0.25) is 0 Å². The summed E-state index contributed by atoms with van der Waals surface area (Å²) in [7, 11) is 0. The molecular weight excluding hydrogens is 310 g/mol. The number of nitrogens with one attached hydrogen (secondary N) is 1. The fourth-order valence-electron chi connectivity index (χ4n) is 2.46. The highest BCUT2D eigenvalue weighted by Gasteiger charge is 2.21. The number of benzene rings is 1. The van der Waals surface area contributed by atoms with Crippen molar-refractivity contribution in [2.75, 3.05) is 19.8 Å². The smallest absolute Gasteiger partial charge is 0.335 e. The molecule has 1 aliphatic rings. The minimum absolute atomic E-state index is 0.0512. The number of rotatable bonds is 8. The first-order chi connectivity index (χ1) is 11.6. The Bertz CT molecular complexity index is 527. The molecule has 1 saturated heterocycles. The van der Waals surface area contributed by atoms with Gasteiger partial charge < -0.3 is 19.5 Å². The third-order valence-corrected chi connectivity index (χ3v) is 3.91. The van der Waals surface area contributed by atoms with Crippen molar-refractivity contribution in [2.45, 2.75) is 44.9 Å². The minimum atomic E-state index is -0.714. The molecule has 24 heavy (non-hydrogen) atoms. The van der Waals surface area contributed by atoms with E-state index < -0.39 is 12.1 Å². The van der Waals surface area contributed by atoms with Crippen LogP contribution in [0, 0.1) is 0 Å². The number of ether oxygens (including phenoxy) is 3. The summed E-state index contributed by atoms with van der Waals surface area (Å²) in [6.45, 7) is 4.29. The quantitative estimate of drug-likeness (QED) is 0.736. The van der Waals surface area contributed by atoms with Crippen molar-refractivity contribution in [1.82, 2.24) is 5.32 Å². The Balaban J connectivity index is 1.65. The standard InChI is InChI=1S/C18H25NO5/c1-13(15-7-4-3-5-8-15)19-17(20)12-24-18(21)14(2)23-11-16-9-6-10-22-16/h3-5,7-8,13-14,16H,6,9-12H2,1-2H3,(H,19,20). The molecule has 1 amide bonds. The second-order valence-corrected chi connectivity index (χ2v) is 5.92. The summed E-state index contributed by atoms with van der Waals surface area (Å²) in [4.78, 5) is 23.7. The van der Waals surface area contributed by atoms with Gasteiger partial charge in [-0.1, -0.05) is 30.3 Å². The minimum Gasteiger partial charge on any atom is -0.454 e. The van der Waals surface area contributed by atoms with Crippen LogP contribution < -0.4 is 5.32 Å². The average molecular weight is 335 g/mol. The zero-order chi connectivity index (χ0) is 17.4. The SMILES string of the molecule is CC(OCC1CCCO1)C(=O)OCC(=O)NC(C)c1ccccc1. The Morgan fingerprint density at radius 3 is 2.71 bits per heavy atom. The van der Waals surface area contributed by atoms with E-state index in [9.17, 15) is 9.59 Å². The van der Waals surface area contributed by atoms with E-state index in [4.69, 9.17) is 14.2 Å². The lowest BCUT2D eigenvalue weighted by atomic mass is 10.1. The van der Waals surface area contributed by atoms with Gasteiger partial charge in [0.15, 0.2) is 12.7 Å². The van der Waals surface area contributed by atoms with Crippen LogP contribution in [0.15, 0.2) is 30.3 Å². The first kappa shape index (κ1) is 18.4. The fourth-order valence-corrected chi connectivity index (χ4v) is 2.46. The molecule has 3 atom stereocenters. The molecule has 1 aromatic carbocycles. The molecule has 1 aromatic rings. The number of carbonyl (C=O) groups is 2. The van der Waals surface area contributed by atoms with E-state index in [2.05, 4.69) is 5.32 Å². The highest BCUT2D eigenvalue weighted by molar-refractivity contribution is 5.82. The number of amides is 1. The molecule has 1 fully saturated rings. The highest BCUT2D eigenvalue weighted by atomic mass is 16.6. The van der Waals surface area contributed by atoms with Gasteiger partial charge in [0.05, 0.1) is 18.8 Å². The fraction of sp³-hybridized carbons (Fsp3) is 0.556. The van der Waals surface area contributed by atoms with Crippen molar-refractivity contribution in [2.24, 2.45) is 0 Å². The van der Waals surface area contributed by atoms with Crippen LogP contribution in [0.1, 0.15) is 38.3 Å². The number of hydrogen-bond donors (Lipinski definition) is 1. The van der Waals surface area contributed by atoms with Crippen LogP contribution >= 0.6 is 0 Å². The van der Waals surface area contributed by atoms with E-state index in [1.165, 1.54) is 0 Å². The molecule has 1 heterocycles. The van der Waals surface area contributed by atoms with Crippen LogP contribution in [0.2, 0.25) is 0 Å². The second-order valence-electron chi connectivity index (χ2n) is 5.92. The topological polar surface area (TPSA) is 73.9 Å². The monoisotopic (exact) mass is 335 g/mol. The molecule has 6 heteroatoms. The van der Waals surface area contributed by atoms with E-state index in [1.54, 1.807) is 6.92 Å². The normalized spacial score (nSPS) is 19.5. The van der Waals surface area contributed by atoms with Gasteiger partial charge >= 0.3 is 5.97 Å². The summed E-state index contributed by atoms with van der Waals surface area (Å²) in [5.74, 6) is -0.887. The predicted octanol–water partition coefficient (Wildman–Crippen LogP) is 1.99. The Morgan fingerprint density at radius 1 is 1.29 bits per heavy atom. The summed E-state index contributed by atoms with van der Waals surface area (Å²) in [5, 5.41) is 2.79. The van der Waals surface area contributed by atoms with Crippen molar-refractivity contribution in [3.63, 3.8) is 0 Å². The van der Waals surface area contributed by atoms with Gasteiger partial charge in [0, 0.05) is 6.61 Å². The van der Waals surface area contributed by atoms with Gasteiger partial charge in [-0.25, -0.2) is 4.79 Å². The third-order valence-electron chi connectivity index (χ3n) is 3.91. The van der Waals surface area contributed by atoms with Crippen molar-refractivity contribution in [3.05, 3.63) is 35.9 Å². The molecule has 0 radical (unpaired) electrons. The number of esters is 1. The zero-order valence-corrected chi connectivity index (χ0v) is 14.2. The molecule has 1 N–H and O–H groups in total. The van der Waals surface area contributed by atoms with Crippen LogP contribution in [-0.4, -0.2) is 43.9 Å². The van der Waals surface area contributed by atoms with Crippen molar-refractivity contribution in [3.8, 4) is 0 Å². The molecule has 0 aliphatic carbocycles. The van der Waals surface area contributed by atoms with Crippen molar-refractivity contribution >= 4 is 11.9 Å². The molecule has 3 unspecified atom stereocenters. The Morgan fingerprint density at radius 2 is 2.04 bits per heavy atom. The van der Waals surface area contributed by atoms with Crippen LogP contribution in [0.5, 0.6) is 0 Å². The lowest BCUT2D eigenvalue weighted by Crippen LogP contribution is -2.34. The van der Waals surface area contributed by atoms with Crippen molar-refractivity contribution in [1.29, 1.82) is 0 Å². The molecule has 132 valence electrons. The Hall–Kier alpha value is -1.92. The molecule has 2 rings (SSSR count). The van der Waals surface area contributed by atoms with Gasteiger partial charge in [-0.3, -0.25) is 4.79 Å². The summed E-state index contributed by atoms with van der Waals surface area (Å²) in [5.41, 5.74) is 0.991. The number of carbonyl (C=O) groups excluding carboxylic acids is 2. The van der Waals surface area contributed by atoms with Crippen LogP contribution in [-0.2, 0) is 23.8 Å². The maximum atomic E-state index is 11.9. The lowest BCUT2D eigenvalue weighted by Gasteiger charge is -2.17. The Kier molecular flexibility index (Phi) is 7.21. The van der Waals surface area contributed by atoms with Gasteiger partial charge in [0.25, 0.3) is 5.91 Å². The molecular formula is C18H25NO5. The maximum absolute atomic E-state index is 11.9. The molecule has 1 aliphatic heterocycles. The van der Waals surface area contributed by atoms with Crippen LogP contribution in [0.4, 0.5) is 0 Å². The van der Waals surface area contributed by atoms with Crippen molar-refractivity contribution < 1.29 is 23.8 Å². The molecule has 6 nitrogen and oxygen atoms in total. The van der Waals surface area contributed by atoms with Gasteiger partial charge in [-0.15, -0.1) is 0 Å². The largest absolute Gasteiger partial charge is 0.454 e. The number of hydrogen-bond acceptors (Lipinski definition) is 5. The first-order valence-electron chi connectivity index (χ1n) is 8.30. The van der Waals surface area contributed by atoms with Gasteiger partial charge in [0.1, 0.15) is 0 Å². The van der Waals surface area contributed by atoms with E-state index in [-0.39, 0.29) is 24.7 Å². The second kappa shape index (κ2) is 9.39. The average Bonchev–Trinajstić information content (AvgIpc) is 3.11. The summed E-state index contributed by atoms with van der Waals surface area (Å²) < 4.78 is 15.9. The highest BCUT2D eigenvalue weighted by Crippen LogP contribution is 2.13. The molecule has 0 saturated carbocycles. The van der Waals surface area contributed by atoms with Crippen LogP contribution in [0.25, 0.3) is 0 Å². The van der Waals surface area contributed by atoms with Gasteiger partial charge in [-0.05, 0) is 32.3 Å². The Labute approximate surface area is 142 Å². The van der Waals surface area contributed by atoms with Gasteiger partial charge in [-0.2, -0.15) is 0 Å². The summed E-state index contributed by atoms with van der Waals surface area (Å²) in [6, 6.07) is 9.44. The first-order valence-corrected chi connectivity index (χ1v) is 8.30. The molecule has 0 aromatic heterocycles. The maximum Gasteiger partial charge on any atom is 0.335 e. The summed E-state index contributed by atoms with van der Waals surface area (Å²) in [6.07, 6.45) is 1.30.